The van der Waals surface area contributed by atoms with Crippen LogP contribution in [0.2, 0.25) is 5.02 Å². The van der Waals surface area contributed by atoms with E-state index in [1.807, 2.05) is 24.3 Å². The van der Waals surface area contributed by atoms with Gasteiger partial charge in [0.15, 0.2) is 0 Å². The van der Waals surface area contributed by atoms with Crippen LogP contribution in [0.5, 0.6) is 5.75 Å². The number of nitrogens with zero attached hydrogens (tertiary/aromatic N) is 1. The zero-order valence-corrected chi connectivity index (χ0v) is 12.2. The van der Waals surface area contributed by atoms with Crippen LogP contribution in [0.4, 0.5) is 0 Å². The molecule has 0 aliphatic heterocycles. The third-order valence-electron chi connectivity index (χ3n) is 3.21. The number of hydrogen-bond acceptors (Lipinski definition) is 3. The van der Waals surface area contributed by atoms with E-state index in [1.54, 1.807) is 25.6 Å². The predicted octanol–water partition coefficient (Wildman–Crippen LogP) is 3.28. The second kappa shape index (κ2) is 7.27. The molecule has 0 radical (unpaired) electrons. The van der Waals surface area contributed by atoms with E-state index in [9.17, 15) is 5.11 Å². The summed E-state index contributed by atoms with van der Waals surface area (Å²) < 4.78 is 5.29. The SMILES string of the molecule is COc1ccc(Cl)cc1CC(O)CCc1ccncc1. The molecule has 1 heterocycles. The van der Waals surface area contributed by atoms with Gasteiger partial charge in [-0.05, 0) is 54.3 Å². The Morgan fingerprint density at radius 1 is 1.25 bits per heavy atom. The minimum atomic E-state index is -0.421. The number of pyridine rings is 1. The van der Waals surface area contributed by atoms with E-state index in [-0.39, 0.29) is 0 Å². The fourth-order valence-electron chi connectivity index (χ4n) is 2.15. The number of hydrogen-bond donors (Lipinski definition) is 1. The van der Waals surface area contributed by atoms with Crippen LogP contribution in [0.1, 0.15) is 17.5 Å². The topological polar surface area (TPSA) is 42.4 Å². The van der Waals surface area contributed by atoms with Gasteiger partial charge in [-0.15, -0.1) is 0 Å². The van der Waals surface area contributed by atoms with Crippen molar-refractivity contribution in [2.45, 2.75) is 25.4 Å². The number of aryl methyl sites for hydroxylation is 1. The Balaban J connectivity index is 1.94. The number of halogens is 1. The molecule has 0 aliphatic rings. The van der Waals surface area contributed by atoms with Crippen LogP contribution < -0.4 is 4.74 Å². The average Bonchev–Trinajstić information content (AvgIpc) is 2.46. The molecule has 1 unspecified atom stereocenters. The zero-order valence-electron chi connectivity index (χ0n) is 11.4. The number of rotatable bonds is 6. The number of methoxy groups -OCH3 is 1. The number of aliphatic hydroxyl groups excluding tert-OH is 1. The highest BCUT2D eigenvalue weighted by Gasteiger charge is 2.11. The summed E-state index contributed by atoms with van der Waals surface area (Å²) in [6, 6.07) is 9.38. The Morgan fingerprint density at radius 3 is 2.70 bits per heavy atom. The van der Waals surface area contributed by atoms with Gasteiger partial charge in [0.05, 0.1) is 13.2 Å². The van der Waals surface area contributed by atoms with Crippen molar-refractivity contribution in [1.29, 1.82) is 0 Å². The average molecular weight is 292 g/mol. The maximum absolute atomic E-state index is 10.2. The maximum Gasteiger partial charge on any atom is 0.122 e. The first-order chi connectivity index (χ1) is 9.69. The molecule has 1 N–H and O–H groups in total. The molecule has 4 heteroatoms. The molecule has 0 spiro atoms. The van der Waals surface area contributed by atoms with Gasteiger partial charge in [0.1, 0.15) is 5.75 Å². The molecule has 2 rings (SSSR count). The lowest BCUT2D eigenvalue weighted by molar-refractivity contribution is 0.164. The van der Waals surface area contributed by atoms with Gasteiger partial charge < -0.3 is 9.84 Å². The minimum Gasteiger partial charge on any atom is -0.496 e. The second-order valence-electron chi connectivity index (χ2n) is 4.71. The lowest BCUT2D eigenvalue weighted by Crippen LogP contribution is -2.12. The Morgan fingerprint density at radius 2 is 2.00 bits per heavy atom. The number of aliphatic hydroxyl groups is 1. The first-order valence-corrected chi connectivity index (χ1v) is 6.96. The number of ether oxygens (including phenoxy) is 1. The van der Waals surface area contributed by atoms with Gasteiger partial charge in [0.25, 0.3) is 0 Å². The van der Waals surface area contributed by atoms with Crippen LogP contribution in [0.15, 0.2) is 42.7 Å². The molecule has 2 aromatic rings. The van der Waals surface area contributed by atoms with Gasteiger partial charge in [0, 0.05) is 23.8 Å². The summed E-state index contributed by atoms with van der Waals surface area (Å²) in [6.45, 7) is 0. The summed E-state index contributed by atoms with van der Waals surface area (Å²) in [5.74, 6) is 0.761. The Kier molecular flexibility index (Phi) is 5.39. The molecule has 0 bridgehead atoms. The van der Waals surface area contributed by atoms with Crippen LogP contribution in [-0.2, 0) is 12.8 Å². The van der Waals surface area contributed by atoms with Gasteiger partial charge in [-0.1, -0.05) is 11.6 Å². The van der Waals surface area contributed by atoms with Gasteiger partial charge in [-0.3, -0.25) is 4.98 Å². The van der Waals surface area contributed by atoms with Gasteiger partial charge >= 0.3 is 0 Å². The molecular weight excluding hydrogens is 274 g/mol. The van der Waals surface area contributed by atoms with Crippen LogP contribution in [0, 0.1) is 0 Å². The van der Waals surface area contributed by atoms with Crippen LogP contribution in [0.25, 0.3) is 0 Å². The van der Waals surface area contributed by atoms with Gasteiger partial charge in [-0.25, -0.2) is 0 Å². The van der Waals surface area contributed by atoms with Crippen LogP contribution in [-0.4, -0.2) is 23.3 Å². The van der Waals surface area contributed by atoms with Crippen molar-refractivity contribution in [3.63, 3.8) is 0 Å². The molecule has 20 heavy (non-hydrogen) atoms. The molecule has 1 aromatic heterocycles. The minimum absolute atomic E-state index is 0.421. The quantitative estimate of drug-likeness (QED) is 0.888. The lowest BCUT2D eigenvalue weighted by Gasteiger charge is -2.13. The lowest BCUT2D eigenvalue weighted by atomic mass is 10.0. The summed E-state index contributed by atoms with van der Waals surface area (Å²) in [5.41, 5.74) is 2.11. The summed E-state index contributed by atoms with van der Waals surface area (Å²) in [5, 5.41) is 10.8. The fourth-order valence-corrected chi connectivity index (χ4v) is 2.34. The normalized spacial score (nSPS) is 12.2. The van der Waals surface area contributed by atoms with Crippen LogP contribution >= 0.6 is 11.6 Å². The fraction of sp³-hybridized carbons (Fsp3) is 0.312. The number of benzene rings is 1. The first-order valence-electron chi connectivity index (χ1n) is 6.58. The largest absolute Gasteiger partial charge is 0.496 e. The highest BCUT2D eigenvalue weighted by molar-refractivity contribution is 6.30. The molecule has 0 saturated carbocycles. The van der Waals surface area contributed by atoms with Crippen LogP contribution in [0.3, 0.4) is 0 Å². The molecule has 1 aromatic carbocycles. The van der Waals surface area contributed by atoms with Crippen molar-refractivity contribution in [3.05, 3.63) is 58.9 Å². The van der Waals surface area contributed by atoms with Crippen molar-refractivity contribution >= 4 is 11.6 Å². The van der Waals surface area contributed by atoms with E-state index in [1.165, 1.54) is 5.56 Å². The molecule has 106 valence electrons. The van der Waals surface area contributed by atoms with E-state index >= 15 is 0 Å². The zero-order chi connectivity index (χ0) is 14.4. The van der Waals surface area contributed by atoms with E-state index in [0.717, 1.165) is 17.7 Å². The monoisotopic (exact) mass is 291 g/mol. The standard InChI is InChI=1S/C16H18ClNO2/c1-20-16-5-3-14(17)10-13(16)11-15(19)4-2-12-6-8-18-9-7-12/h3,5-10,15,19H,2,4,11H2,1H3. The Labute approximate surface area is 124 Å². The third-order valence-corrected chi connectivity index (χ3v) is 3.45. The summed E-state index contributed by atoms with van der Waals surface area (Å²) in [6.07, 6.45) is 5.17. The van der Waals surface area contributed by atoms with E-state index < -0.39 is 6.10 Å². The van der Waals surface area contributed by atoms with Crippen molar-refractivity contribution in [1.82, 2.24) is 4.98 Å². The molecule has 0 amide bonds. The first kappa shape index (κ1) is 14.8. The molecular formula is C16H18ClNO2. The predicted molar refractivity (Wildman–Crippen MR) is 80.3 cm³/mol. The highest BCUT2D eigenvalue weighted by atomic mass is 35.5. The van der Waals surface area contributed by atoms with Crippen molar-refractivity contribution < 1.29 is 9.84 Å². The van der Waals surface area contributed by atoms with Crippen molar-refractivity contribution in [2.75, 3.05) is 7.11 Å². The van der Waals surface area contributed by atoms with E-state index in [4.69, 9.17) is 16.3 Å². The Bertz CT molecular complexity index is 545. The molecule has 0 aliphatic carbocycles. The highest BCUT2D eigenvalue weighted by Crippen LogP contribution is 2.24. The summed E-state index contributed by atoms with van der Waals surface area (Å²) >= 11 is 5.99. The summed E-state index contributed by atoms with van der Waals surface area (Å²) in [7, 11) is 1.62. The maximum atomic E-state index is 10.2. The summed E-state index contributed by atoms with van der Waals surface area (Å²) in [4.78, 5) is 3.98. The Hall–Kier alpha value is -1.58. The molecule has 3 nitrogen and oxygen atoms in total. The van der Waals surface area contributed by atoms with E-state index in [2.05, 4.69) is 4.98 Å². The second-order valence-corrected chi connectivity index (χ2v) is 5.14. The molecule has 0 saturated heterocycles. The molecule has 1 atom stereocenters. The number of aromatic nitrogens is 1. The smallest absolute Gasteiger partial charge is 0.122 e. The van der Waals surface area contributed by atoms with Crippen molar-refractivity contribution in [2.24, 2.45) is 0 Å². The molecule has 0 fully saturated rings. The van der Waals surface area contributed by atoms with Gasteiger partial charge in [-0.2, -0.15) is 0 Å². The van der Waals surface area contributed by atoms with Crippen molar-refractivity contribution in [3.8, 4) is 5.75 Å². The third kappa shape index (κ3) is 4.22. The van der Waals surface area contributed by atoms with Gasteiger partial charge in [0.2, 0.25) is 0 Å². The van der Waals surface area contributed by atoms with E-state index in [0.29, 0.717) is 17.9 Å².